The van der Waals surface area contributed by atoms with E-state index in [1.807, 2.05) is 42.5 Å². The first-order valence-electron chi connectivity index (χ1n) is 5.37. The molecule has 0 bridgehead atoms. The predicted molar refractivity (Wildman–Crippen MR) is 75.7 cm³/mol. The molecule has 0 fully saturated rings. The number of benzene rings is 2. The molecule has 3 aromatic rings. The minimum Gasteiger partial charge on any atom is -0.289 e. The van der Waals surface area contributed by atoms with Crippen molar-refractivity contribution in [2.24, 2.45) is 0 Å². The monoisotopic (exact) mass is 238 g/mol. The molecule has 0 aliphatic heterocycles. The average molecular weight is 238 g/mol. The summed E-state index contributed by atoms with van der Waals surface area (Å²) in [5, 5.41) is 1.59. The molecular formula is C15H10OS. The first-order valence-corrected chi connectivity index (χ1v) is 6.19. The van der Waals surface area contributed by atoms with Crippen molar-refractivity contribution in [3.63, 3.8) is 0 Å². The Morgan fingerprint density at radius 2 is 1.76 bits per heavy atom. The molecule has 0 radical (unpaired) electrons. The summed E-state index contributed by atoms with van der Waals surface area (Å²) in [4.78, 5) is 12.3. The molecule has 0 saturated carbocycles. The quantitative estimate of drug-likeness (QED) is 0.584. The van der Waals surface area contributed by atoms with Crippen LogP contribution in [0.1, 0.15) is 5.56 Å². The molecule has 3 rings (SSSR count). The summed E-state index contributed by atoms with van der Waals surface area (Å²) < 4.78 is 2.05. The summed E-state index contributed by atoms with van der Waals surface area (Å²) in [7, 11) is 0. The van der Waals surface area contributed by atoms with Crippen LogP contribution in [-0.2, 0) is 0 Å². The van der Waals surface area contributed by atoms with Gasteiger partial charge in [-0.05, 0) is 29.8 Å². The van der Waals surface area contributed by atoms with Gasteiger partial charge < -0.3 is 0 Å². The Morgan fingerprint density at radius 1 is 1.00 bits per heavy atom. The van der Waals surface area contributed by atoms with E-state index >= 15 is 0 Å². The average Bonchev–Trinajstić information content (AvgIpc) is 2.38. The van der Waals surface area contributed by atoms with E-state index in [9.17, 15) is 4.79 Å². The van der Waals surface area contributed by atoms with Gasteiger partial charge in [-0.1, -0.05) is 30.9 Å². The van der Waals surface area contributed by atoms with Gasteiger partial charge in [0.2, 0.25) is 0 Å². The maximum atomic E-state index is 12.3. The highest BCUT2D eigenvalue weighted by molar-refractivity contribution is 7.24. The molecule has 0 N–H and O–H groups in total. The Bertz CT molecular complexity index is 784. The molecule has 1 heterocycles. The second-order valence-corrected chi connectivity index (χ2v) is 4.97. The fourth-order valence-electron chi connectivity index (χ4n) is 1.94. The lowest BCUT2D eigenvalue weighted by Crippen LogP contribution is -2.00. The van der Waals surface area contributed by atoms with Crippen molar-refractivity contribution in [3.8, 4) is 0 Å². The van der Waals surface area contributed by atoms with Crippen LogP contribution in [0.15, 0.2) is 53.8 Å². The van der Waals surface area contributed by atoms with E-state index < -0.39 is 0 Å². The molecular weight excluding hydrogens is 228 g/mol. The summed E-state index contributed by atoms with van der Waals surface area (Å²) >= 11 is 1.65. The lowest BCUT2D eigenvalue weighted by Gasteiger charge is -2.01. The Kier molecular flexibility index (Phi) is 2.30. The number of fused-ring (bicyclic) bond motifs is 2. The molecule has 2 heteroatoms. The zero-order valence-electron chi connectivity index (χ0n) is 9.14. The molecule has 2 aromatic carbocycles. The van der Waals surface area contributed by atoms with E-state index in [0.717, 1.165) is 25.7 Å². The molecule has 0 aliphatic carbocycles. The largest absolute Gasteiger partial charge is 0.289 e. The van der Waals surface area contributed by atoms with Crippen LogP contribution in [0.4, 0.5) is 0 Å². The third-order valence-corrected chi connectivity index (χ3v) is 3.97. The van der Waals surface area contributed by atoms with E-state index in [1.54, 1.807) is 17.4 Å². The number of hydrogen-bond acceptors (Lipinski definition) is 2. The van der Waals surface area contributed by atoms with Crippen molar-refractivity contribution < 1.29 is 0 Å². The van der Waals surface area contributed by atoms with Gasteiger partial charge in [0.05, 0.1) is 0 Å². The van der Waals surface area contributed by atoms with Crippen LogP contribution < -0.4 is 5.43 Å². The summed E-state index contributed by atoms with van der Waals surface area (Å²) in [6.45, 7) is 3.75. The first-order chi connectivity index (χ1) is 8.29. The van der Waals surface area contributed by atoms with E-state index in [4.69, 9.17) is 0 Å². The van der Waals surface area contributed by atoms with E-state index in [2.05, 4.69) is 6.58 Å². The molecule has 1 nitrogen and oxygen atoms in total. The fourth-order valence-corrected chi connectivity index (χ4v) is 3.06. The lowest BCUT2D eigenvalue weighted by atomic mass is 10.1. The van der Waals surface area contributed by atoms with Crippen molar-refractivity contribution in [1.29, 1.82) is 0 Å². The summed E-state index contributed by atoms with van der Waals surface area (Å²) in [5.41, 5.74) is 1.16. The van der Waals surface area contributed by atoms with Crippen molar-refractivity contribution in [1.82, 2.24) is 0 Å². The topological polar surface area (TPSA) is 17.1 Å². The van der Waals surface area contributed by atoms with Crippen molar-refractivity contribution in [3.05, 3.63) is 64.8 Å². The van der Waals surface area contributed by atoms with Gasteiger partial charge in [-0.2, -0.15) is 0 Å². The van der Waals surface area contributed by atoms with Crippen LogP contribution in [0.25, 0.3) is 26.2 Å². The van der Waals surface area contributed by atoms with Gasteiger partial charge in [0, 0.05) is 20.2 Å². The van der Waals surface area contributed by atoms with Gasteiger partial charge in [-0.25, -0.2) is 0 Å². The van der Waals surface area contributed by atoms with Crippen molar-refractivity contribution in [2.75, 3.05) is 0 Å². The smallest absolute Gasteiger partial charge is 0.195 e. The molecule has 0 unspecified atom stereocenters. The third kappa shape index (κ3) is 1.58. The minimum atomic E-state index is 0.116. The zero-order chi connectivity index (χ0) is 11.8. The molecule has 0 amide bonds. The molecule has 0 atom stereocenters. The fraction of sp³-hybridized carbons (Fsp3) is 0. The van der Waals surface area contributed by atoms with Crippen LogP contribution in [0, 0.1) is 0 Å². The molecule has 0 saturated heterocycles. The second kappa shape index (κ2) is 3.82. The van der Waals surface area contributed by atoms with Crippen LogP contribution in [0.5, 0.6) is 0 Å². The van der Waals surface area contributed by atoms with Crippen molar-refractivity contribution in [2.45, 2.75) is 0 Å². The molecule has 82 valence electrons. The standard InChI is InChI=1S/C15H10OS/c1-2-10-7-8-12-14(9-10)17-13-6-4-3-5-11(13)15(12)16/h2-9H,1H2. The summed E-state index contributed by atoms with van der Waals surface area (Å²) in [6, 6.07) is 13.6. The molecule has 1 aromatic heterocycles. The Hall–Kier alpha value is -1.93. The molecule has 17 heavy (non-hydrogen) atoms. The van der Waals surface area contributed by atoms with E-state index in [-0.39, 0.29) is 5.43 Å². The van der Waals surface area contributed by atoms with Crippen LogP contribution in [-0.4, -0.2) is 0 Å². The number of rotatable bonds is 1. The van der Waals surface area contributed by atoms with Crippen LogP contribution in [0.3, 0.4) is 0 Å². The predicted octanol–water partition coefficient (Wildman–Crippen LogP) is 4.06. The maximum absolute atomic E-state index is 12.3. The summed E-state index contributed by atoms with van der Waals surface area (Å²) in [5.74, 6) is 0. The molecule has 0 aliphatic rings. The van der Waals surface area contributed by atoms with Gasteiger partial charge in [0.1, 0.15) is 0 Å². The Balaban J connectivity index is 2.54. The Morgan fingerprint density at radius 3 is 2.59 bits per heavy atom. The normalized spacial score (nSPS) is 10.8. The van der Waals surface area contributed by atoms with Gasteiger partial charge >= 0.3 is 0 Å². The van der Waals surface area contributed by atoms with Gasteiger partial charge in [-0.15, -0.1) is 11.3 Å². The third-order valence-electron chi connectivity index (χ3n) is 2.84. The minimum absolute atomic E-state index is 0.116. The highest BCUT2D eigenvalue weighted by Gasteiger charge is 2.05. The highest BCUT2D eigenvalue weighted by Crippen LogP contribution is 2.25. The van der Waals surface area contributed by atoms with Crippen LogP contribution in [0.2, 0.25) is 0 Å². The lowest BCUT2D eigenvalue weighted by molar-refractivity contribution is 1.72. The number of hydrogen-bond donors (Lipinski definition) is 0. The summed E-state index contributed by atoms with van der Waals surface area (Å²) in [6.07, 6.45) is 1.80. The van der Waals surface area contributed by atoms with Gasteiger partial charge in [0.25, 0.3) is 0 Å². The maximum Gasteiger partial charge on any atom is 0.195 e. The zero-order valence-corrected chi connectivity index (χ0v) is 9.96. The van der Waals surface area contributed by atoms with Crippen LogP contribution >= 0.6 is 11.3 Å². The van der Waals surface area contributed by atoms with E-state index in [1.165, 1.54) is 0 Å². The Labute approximate surface area is 103 Å². The van der Waals surface area contributed by atoms with E-state index in [0.29, 0.717) is 0 Å². The van der Waals surface area contributed by atoms with Gasteiger partial charge in [-0.3, -0.25) is 4.79 Å². The molecule has 0 spiro atoms. The highest BCUT2D eigenvalue weighted by atomic mass is 32.1. The first kappa shape index (κ1) is 10.2. The van der Waals surface area contributed by atoms with Crippen molar-refractivity contribution >= 4 is 37.6 Å². The second-order valence-electron chi connectivity index (χ2n) is 3.89. The van der Waals surface area contributed by atoms with Gasteiger partial charge in [0.15, 0.2) is 5.43 Å². The SMILES string of the molecule is C=Cc1ccc2c(=O)c3ccccc3sc2c1.